The first-order chi connectivity index (χ1) is 9.26. The van der Waals surface area contributed by atoms with E-state index in [4.69, 9.17) is 5.73 Å². The number of nitrogens with two attached hydrogens (primary N) is 1. The van der Waals surface area contributed by atoms with Crippen LogP contribution in [-0.2, 0) is 14.6 Å². The first-order valence-corrected chi connectivity index (χ1v) is 8.29. The summed E-state index contributed by atoms with van der Waals surface area (Å²) in [5.41, 5.74) is 6.40. The molecule has 0 aliphatic rings. The molecule has 1 atom stereocenters. The molecule has 0 heterocycles. The molecule has 20 heavy (non-hydrogen) atoms. The zero-order valence-corrected chi connectivity index (χ0v) is 12.9. The minimum absolute atomic E-state index is 0.0575. The highest BCUT2D eigenvalue weighted by Gasteiger charge is 2.14. The Hall–Kier alpha value is -1.40. The van der Waals surface area contributed by atoms with Gasteiger partial charge in [0.25, 0.3) is 0 Å². The van der Waals surface area contributed by atoms with E-state index < -0.39 is 9.84 Å². The monoisotopic (exact) mass is 298 g/mol. The average molecular weight is 298 g/mol. The lowest BCUT2D eigenvalue weighted by Gasteiger charge is -2.15. The minimum atomic E-state index is -3.21. The number of sulfone groups is 1. The van der Waals surface area contributed by atoms with E-state index in [0.29, 0.717) is 5.69 Å². The second-order valence-corrected chi connectivity index (χ2v) is 7.37. The van der Waals surface area contributed by atoms with Gasteiger partial charge in [0.2, 0.25) is 5.91 Å². The molecular weight excluding hydrogens is 276 g/mol. The Morgan fingerprint density at radius 3 is 2.25 bits per heavy atom. The molecule has 0 saturated carbocycles. The minimum Gasteiger partial charge on any atom is -0.327 e. The molecule has 0 radical (unpaired) electrons. The van der Waals surface area contributed by atoms with Crippen LogP contribution in [0.3, 0.4) is 0 Å². The van der Waals surface area contributed by atoms with Crippen molar-refractivity contribution in [3.05, 3.63) is 24.3 Å². The molecular formula is C14H22N2O3S. The van der Waals surface area contributed by atoms with Gasteiger partial charge in [-0.25, -0.2) is 8.42 Å². The summed E-state index contributed by atoms with van der Waals surface area (Å²) in [6.07, 6.45) is 0.243. The summed E-state index contributed by atoms with van der Waals surface area (Å²) in [5.74, 6) is 0.122. The summed E-state index contributed by atoms with van der Waals surface area (Å²) < 4.78 is 23.3. The first kappa shape index (κ1) is 16.7. The van der Waals surface area contributed by atoms with Crippen LogP contribution in [0.1, 0.15) is 27.2 Å². The molecule has 1 aromatic rings. The third-order valence-corrected chi connectivity index (χ3v) is 4.91. The maximum atomic E-state index is 11.8. The maximum Gasteiger partial charge on any atom is 0.225 e. The van der Waals surface area contributed by atoms with Gasteiger partial charge in [0.1, 0.15) is 0 Å². The van der Waals surface area contributed by atoms with Gasteiger partial charge in [0.15, 0.2) is 9.84 Å². The van der Waals surface area contributed by atoms with Crippen molar-refractivity contribution in [2.24, 2.45) is 11.7 Å². The van der Waals surface area contributed by atoms with Crippen molar-refractivity contribution < 1.29 is 13.2 Å². The predicted octanol–water partition coefficient (Wildman–Crippen LogP) is 1.79. The number of hydrogen-bond donors (Lipinski definition) is 2. The van der Waals surface area contributed by atoms with Crippen LogP contribution >= 0.6 is 0 Å². The van der Waals surface area contributed by atoms with E-state index in [1.165, 1.54) is 12.1 Å². The summed E-state index contributed by atoms with van der Waals surface area (Å²) in [4.78, 5) is 12.0. The Balaban J connectivity index is 2.69. The normalized spacial score (nSPS) is 13.2. The fourth-order valence-electron chi connectivity index (χ4n) is 1.57. The van der Waals surface area contributed by atoms with Gasteiger partial charge < -0.3 is 11.1 Å². The Bertz CT molecular complexity index is 550. The number of hydrogen-bond acceptors (Lipinski definition) is 4. The molecule has 0 aromatic heterocycles. The Morgan fingerprint density at radius 1 is 1.25 bits per heavy atom. The topological polar surface area (TPSA) is 89.3 Å². The van der Waals surface area contributed by atoms with Gasteiger partial charge in [-0.15, -0.1) is 0 Å². The summed E-state index contributed by atoms with van der Waals surface area (Å²) in [6.45, 7) is 5.52. The van der Waals surface area contributed by atoms with Crippen molar-refractivity contribution in [1.82, 2.24) is 0 Å². The van der Waals surface area contributed by atoms with Gasteiger partial charge in [-0.2, -0.15) is 0 Å². The molecule has 0 aliphatic carbocycles. The van der Waals surface area contributed by atoms with E-state index in [-0.39, 0.29) is 34.9 Å². The van der Waals surface area contributed by atoms with Crippen molar-refractivity contribution in [2.45, 2.75) is 38.1 Å². The Labute approximate surface area is 120 Å². The molecule has 0 aliphatic heterocycles. The van der Waals surface area contributed by atoms with E-state index in [1.807, 2.05) is 13.8 Å². The van der Waals surface area contributed by atoms with Gasteiger partial charge >= 0.3 is 0 Å². The third-order valence-electron chi connectivity index (χ3n) is 3.15. The van der Waals surface area contributed by atoms with Crippen LogP contribution < -0.4 is 11.1 Å². The van der Waals surface area contributed by atoms with Crippen molar-refractivity contribution in [2.75, 3.05) is 11.1 Å². The summed E-state index contributed by atoms with van der Waals surface area (Å²) >= 11 is 0. The number of nitrogens with one attached hydrogen (secondary N) is 1. The van der Waals surface area contributed by atoms with Crippen LogP contribution in [0.15, 0.2) is 29.2 Å². The molecule has 0 bridgehead atoms. The standard InChI is InChI=1S/C14H22N2O3S/c1-4-20(18,19)12-7-5-11(6-8-12)16-14(17)9-13(15)10(2)3/h5-8,10,13H,4,9,15H2,1-3H3,(H,16,17). The molecule has 1 unspecified atom stereocenters. The van der Waals surface area contributed by atoms with Crippen molar-refractivity contribution in [1.29, 1.82) is 0 Å². The lowest BCUT2D eigenvalue weighted by atomic mass is 10.0. The lowest BCUT2D eigenvalue weighted by molar-refractivity contribution is -0.116. The van der Waals surface area contributed by atoms with Gasteiger partial charge in [-0.05, 0) is 30.2 Å². The average Bonchev–Trinajstić information content (AvgIpc) is 2.39. The molecule has 1 amide bonds. The van der Waals surface area contributed by atoms with E-state index in [1.54, 1.807) is 19.1 Å². The van der Waals surface area contributed by atoms with Crippen molar-refractivity contribution in [3.63, 3.8) is 0 Å². The van der Waals surface area contributed by atoms with Crippen LogP contribution in [-0.4, -0.2) is 26.1 Å². The quantitative estimate of drug-likeness (QED) is 0.838. The third kappa shape index (κ3) is 4.61. The molecule has 0 saturated heterocycles. The second-order valence-electron chi connectivity index (χ2n) is 5.09. The van der Waals surface area contributed by atoms with Gasteiger partial charge in [-0.1, -0.05) is 20.8 Å². The van der Waals surface area contributed by atoms with Crippen molar-refractivity contribution >= 4 is 21.4 Å². The maximum absolute atomic E-state index is 11.8. The van der Waals surface area contributed by atoms with E-state index in [2.05, 4.69) is 5.32 Å². The fourth-order valence-corrected chi connectivity index (χ4v) is 2.46. The molecule has 112 valence electrons. The van der Waals surface area contributed by atoms with Crippen LogP contribution in [0.2, 0.25) is 0 Å². The smallest absolute Gasteiger partial charge is 0.225 e. The largest absolute Gasteiger partial charge is 0.327 e. The van der Waals surface area contributed by atoms with Crippen LogP contribution in [0.25, 0.3) is 0 Å². The molecule has 1 rings (SSSR count). The number of amides is 1. The molecule has 0 fully saturated rings. The lowest BCUT2D eigenvalue weighted by Crippen LogP contribution is -2.31. The first-order valence-electron chi connectivity index (χ1n) is 6.64. The zero-order chi connectivity index (χ0) is 15.3. The van der Waals surface area contributed by atoms with Crippen LogP contribution in [0, 0.1) is 5.92 Å². The van der Waals surface area contributed by atoms with Crippen molar-refractivity contribution in [3.8, 4) is 0 Å². The Kier molecular flexibility index (Phi) is 5.71. The van der Waals surface area contributed by atoms with E-state index in [9.17, 15) is 13.2 Å². The number of anilines is 1. The van der Waals surface area contributed by atoms with Crippen LogP contribution in [0.4, 0.5) is 5.69 Å². The number of rotatable bonds is 6. The van der Waals surface area contributed by atoms with Gasteiger partial charge in [-0.3, -0.25) is 4.79 Å². The van der Waals surface area contributed by atoms with Gasteiger partial charge in [0, 0.05) is 18.2 Å². The molecule has 1 aromatic carbocycles. The SMILES string of the molecule is CCS(=O)(=O)c1ccc(NC(=O)CC(N)C(C)C)cc1. The van der Waals surface area contributed by atoms with E-state index in [0.717, 1.165) is 0 Å². The number of benzene rings is 1. The molecule has 6 heteroatoms. The summed E-state index contributed by atoms with van der Waals surface area (Å²) in [5, 5.41) is 2.71. The predicted molar refractivity (Wildman–Crippen MR) is 80.2 cm³/mol. The molecule has 5 nitrogen and oxygen atoms in total. The molecule has 0 spiro atoms. The highest BCUT2D eigenvalue weighted by atomic mass is 32.2. The highest BCUT2D eigenvalue weighted by molar-refractivity contribution is 7.91. The van der Waals surface area contributed by atoms with Gasteiger partial charge in [0.05, 0.1) is 10.6 Å². The summed E-state index contributed by atoms with van der Waals surface area (Å²) in [6, 6.07) is 5.98. The van der Waals surface area contributed by atoms with Crippen LogP contribution in [0.5, 0.6) is 0 Å². The second kappa shape index (κ2) is 6.85. The van der Waals surface area contributed by atoms with E-state index >= 15 is 0 Å². The fraction of sp³-hybridized carbons (Fsp3) is 0.500. The Morgan fingerprint density at radius 2 is 1.80 bits per heavy atom. The summed E-state index contributed by atoms with van der Waals surface area (Å²) in [7, 11) is -3.21. The highest BCUT2D eigenvalue weighted by Crippen LogP contribution is 2.16. The zero-order valence-electron chi connectivity index (χ0n) is 12.1. The number of carbonyl (C=O) groups is 1. The number of carbonyl (C=O) groups excluding carboxylic acids is 1. The molecule has 3 N–H and O–H groups in total.